The van der Waals surface area contributed by atoms with Gasteiger partial charge in [0, 0.05) is 17.2 Å². The van der Waals surface area contributed by atoms with Crippen LogP contribution in [0.4, 0.5) is 33.3 Å². The predicted octanol–water partition coefficient (Wildman–Crippen LogP) is 5.07. The molecule has 12 heteroatoms. The third kappa shape index (κ3) is 4.05. The Kier molecular flexibility index (Phi) is 5.89. The van der Waals surface area contributed by atoms with Crippen molar-refractivity contribution in [3.05, 3.63) is 70.7 Å². The summed E-state index contributed by atoms with van der Waals surface area (Å²) in [5.74, 6) is -4.34. The Morgan fingerprint density at radius 1 is 1.11 bits per heavy atom. The van der Waals surface area contributed by atoms with Crippen LogP contribution in [0.2, 0.25) is 0 Å². The number of benzene rings is 2. The molecule has 0 amide bonds. The molecular formula is C25H19F5N4O2S. The van der Waals surface area contributed by atoms with E-state index in [1.807, 2.05) is 12.1 Å². The number of nitrogens with zero attached hydrogens (tertiary/aromatic N) is 3. The highest BCUT2D eigenvalue weighted by Crippen LogP contribution is 2.47. The van der Waals surface area contributed by atoms with Crippen LogP contribution in [-0.2, 0) is 0 Å². The molecule has 2 aromatic carbocycles. The van der Waals surface area contributed by atoms with Crippen molar-refractivity contribution in [2.45, 2.75) is 12.4 Å². The van der Waals surface area contributed by atoms with E-state index in [0.717, 1.165) is 17.5 Å². The van der Waals surface area contributed by atoms with Gasteiger partial charge in [-0.05, 0) is 18.2 Å². The third-order valence-electron chi connectivity index (χ3n) is 6.33. The number of aromatic nitrogens is 1. The van der Waals surface area contributed by atoms with Crippen LogP contribution in [0.1, 0.15) is 11.1 Å². The molecule has 1 atom stereocenters. The van der Waals surface area contributed by atoms with E-state index in [-0.39, 0.29) is 33.7 Å². The van der Waals surface area contributed by atoms with Crippen molar-refractivity contribution in [1.29, 1.82) is 0 Å². The Labute approximate surface area is 211 Å². The molecule has 0 aliphatic carbocycles. The number of rotatable bonds is 5. The monoisotopic (exact) mass is 534 g/mol. The highest BCUT2D eigenvalue weighted by Gasteiger charge is 2.35. The minimum Gasteiger partial charge on any atom is -0.489 e. The van der Waals surface area contributed by atoms with E-state index in [2.05, 4.69) is 10.4 Å². The zero-order valence-electron chi connectivity index (χ0n) is 19.0. The maximum atomic E-state index is 15.0. The summed E-state index contributed by atoms with van der Waals surface area (Å²) in [4.78, 5) is 6.04. The van der Waals surface area contributed by atoms with Gasteiger partial charge in [-0.1, -0.05) is 12.1 Å². The first-order valence-corrected chi connectivity index (χ1v) is 12.2. The maximum absolute atomic E-state index is 15.0. The van der Waals surface area contributed by atoms with Gasteiger partial charge in [0.05, 0.1) is 46.8 Å². The number of alkyl halides is 1. The fraction of sp³-hybridized carbons (Fsp3) is 0.240. The number of ether oxygens (including phenoxy) is 1. The first-order chi connectivity index (χ1) is 17.8. The Balaban J connectivity index is 1.48. The highest BCUT2D eigenvalue weighted by atomic mass is 32.1. The van der Waals surface area contributed by atoms with Crippen LogP contribution >= 0.6 is 11.3 Å². The van der Waals surface area contributed by atoms with E-state index in [1.54, 1.807) is 22.0 Å². The molecule has 37 heavy (non-hydrogen) atoms. The fourth-order valence-corrected chi connectivity index (χ4v) is 5.87. The van der Waals surface area contributed by atoms with Crippen molar-refractivity contribution in [3.63, 3.8) is 0 Å². The average molecular weight is 535 g/mol. The maximum Gasteiger partial charge on any atom is 0.167 e. The molecule has 0 spiro atoms. The normalized spacial score (nSPS) is 16.5. The molecule has 192 valence electrons. The second-order valence-corrected chi connectivity index (χ2v) is 9.78. The van der Waals surface area contributed by atoms with Gasteiger partial charge in [0.15, 0.2) is 23.7 Å². The van der Waals surface area contributed by atoms with Gasteiger partial charge in [-0.3, -0.25) is 9.99 Å². The summed E-state index contributed by atoms with van der Waals surface area (Å²) in [5, 5.41) is 13.0. The van der Waals surface area contributed by atoms with Crippen LogP contribution in [0, 0.1) is 23.3 Å². The molecule has 2 aliphatic heterocycles. The average Bonchev–Trinajstić information content (AvgIpc) is 3.24. The van der Waals surface area contributed by atoms with Crippen molar-refractivity contribution in [1.82, 2.24) is 10.4 Å². The van der Waals surface area contributed by atoms with E-state index in [1.165, 1.54) is 0 Å². The number of thiophene rings is 1. The zero-order chi connectivity index (χ0) is 25.8. The smallest absolute Gasteiger partial charge is 0.167 e. The van der Waals surface area contributed by atoms with E-state index >= 15 is 4.39 Å². The van der Waals surface area contributed by atoms with Crippen LogP contribution in [0.3, 0.4) is 0 Å². The quantitative estimate of drug-likeness (QED) is 0.212. The molecule has 2 aromatic heterocycles. The third-order valence-corrected chi connectivity index (χ3v) is 7.57. The summed E-state index contributed by atoms with van der Waals surface area (Å²) in [6.45, 7) is 0.788. The zero-order valence-corrected chi connectivity index (χ0v) is 19.8. The Bertz CT molecular complexity index is 1510. The molecule has 0 bridgehead atoms. The summed E-state index contributed by atoms with van der Waals surface area (Å²) in [5.41, 5.74) is 3.18. The lowest BCUT2D eigenvalue weighted by Gasteiger charge is -2.38. The number of nitrogens with one attached hydrogen (secondary N) is 1. The van der Waals surface area contributed by atoms with Crippen LogP contribution in [0.5, 0.6) is 5.75 Å². The number of para-hydroxylation sites is 2. The first-order valence-electron chi connectivity index (χ1n) is 11.4. The van der Waals surface area contributed by atoms with Gasteiger partial charge in [-0.25, -0.2) is 27.4 Å². The summed E-state index contributed by atoms with van der Waals surface area (Å²) in [6, 6.07) is 8.29. The second kappa shape index (κ2) is 9.12. The number of hydrogen-bond acceptors (Lipinski definition) is 7. The van der Waals surface area contributed by atoms with Crippen molar-refractivity contribution >= 4 is 32.9 Å². The van der Waals surface area contributed by atoms with E-state index in [9.17, 15) is 22.7 Å². The van der Waals surface area contributed by atoms with E-state index in [4.69, 9.17) is 4.74 Å². The van der Waals surface area contributed by atoms with Crippen molar-refractivity contribution in [3.8, 4) is 16.9 Å². The van der Waals surface area contributed by atoms with Gasteiger partial charge in [-0.2, -0.15) is 0 Å². The van der Waals surface area contributed by atoms with Crippen LogP contribution in [0.25, 0.3) is 21.3 Å². The standard InChI is InChI=1S/C25H19F5N4O2S/c26-12-7-14(20(30)15(28)8-12)19-16(29)9-31-21-22(33-10-13(27)11-33)24(37-23(19)21)25(35)32-34-5-6-36-18-4-2-1-3-17(18)34/h1-4,7-9,13,25,32,35H,5-6,10-11H2. The fourth-order valence-electron chi connectivity index (χ4n) is 4.61. The summed E-state index contributed by atoms with van der Waals surface area (Å²) >= 11 is 0.888. The Morgan fingerprint density at radius 3 is 2.68 bits per heavy atom. The molecule has 2 aliphatic rings. The van der Waals surface area contributed by atoms with Crippen LogP contribution in [0.15, 0.2) is 42.6 Å². The molecule has 6 rings (SSSR count). The predicted molar refractivity (Wildman–Crippen MR) is 129 cm³/mol. The molecule has 1 unspecified atom stereocenters. The molecule has 4 heterocycles. The number of hydrogen-bond donors (Lipinski definition) is 2. The van der Waals surface area contributed by atoms with Gasteiger partial charge in [-0.15, -0.1) is 11.3 Å². The summed E-state index contributed by atoms with van der Waals surface area (Å²) in [6.07, 6.45) is -1.64. The second-order valence-electron chi connectivity index (χ2n) is 8.72. The molecule has 2 N–H and O–H groups in total. The Hall–Kier alpha value is -3.48. The largest absolute Gasteiger partial charge is 0.489 e. The topological polar surface area (TPSA) is 60.9 Å². The molecule has 4 aromatic rings. The SMILES string of the molecule is OC(NN1CCOc2ccccc21)c1sc2c(-c3cc(F)cc(F)c3F)c(F)cnc2c1N1CC(F)C1. The van der Waals surface area contributed by atoms with Gasteiger partial charge in [0.25, 0.3) is 0 Å². The van der Waals surface area contributed by atoms with Crippen molar-refractivity contribution in [2.24, 2.45) is 0 Å². The lowest BCUT2D eigenvalue weighted by molar-refractivity contribution is 0.133. The van der Waals surface area contributed by atoms with Crippen molar-refractivity contribution < 1.29 is 31.8 Å². The number of anilines is 2. The molecule has 1 fully saturated rings. The number of pyridine rings is 1. The number of aliphatic hydroxyl groups excluding tert-OH is 1. The summed E-state index contributed by atoms with van der Waals surface area (Å²) in [7, 11) is 0. The van der Waals surface area contributed by atoms with Gasteiger partial charge in [0.1, 0.15) is 29.9 Å². The minimum atomic E-state index is -1.47. The molecule has 0 radical (unpaired) electrons. The van der Waals surface area contributed by atoms with Crippen molar-refractivity contribution in [2.75, 3.05) is 36.1 Å². The van der Waals surface area contributed by atoms with Gasteiger partial charge >= 0.3 is 0 Å². The number of hydrazine groups is 1. The molecule has 0 saturated carbocycles. The number of aliphatic hydroxyl groups is 1. The first kappa shape index (κ1) is 23.9. The lowest BCUT2D eigenvalue weighted by Crippen LogP contribution is -2.49. The van der Waals surface area contributed by atoms with E-state index < -0.39 is 41.2 Å². The van der Waals surface area contributed by atoms with Gasteiger partial charge in [0.2, 0.25) is 0 Å². The van der Waals surface area contributed by atoms with Crippen LogP contribution < -0.4 is 20.1 Å². The molecule has 1 saturated heterocycles. The van der Waals surface area contributed by atoms with Crippen LogP contribution in [-0.4, -0.2) is 42.5 Å². The number of fused-ring (bicyclic) bond motifs is 2. The molecule has 6 nitrogen and oxygen atoms in total. The van der Waals surface area contributed by atoms with E-state index in [0.29, 0.717) is 42.4 Å². The molecular weight excluding hydrogens is 515 g/mol. The summed E-state index contributed by atoms with van der Waals surface area (Å²) < 4.78 is 77.3. The van der Waals surface area contributed by atoms with Gasteiger partial charge < -0.3 is 14.7 Å². The number of halogens is 5. The highest BCUT2D eigenvalue weighted by molar-refractivity contribution is 7.20. The lowest BCUT2D eigenvalue weighted by atomic mass is 10.0. The minimum absolute atomic E-state index is 0.0171. The Morgan fingerprint density at radius 2 is 1.89 bits per heavy atom.